The lowest BCUT2D eigenvalue weighted by Gasteiger charge is -2.05. The van der Waals surface area contributed by atoms with Crippen LogP contribution < -0.4 is 4.74 Å². The van der Waals surface area contributed by atoms with E-state index in [1.54, 1.807) is 18.5 Å². The van der Waals surface area contributed by atoms with E-state index in [0.717, 1.165) is 29.8 Å². The number of carbonyl (C=O) groups excluding carboxylic acids is 1. The van der Waals surface area contributed by atoms with E-state index < -0.39 is 11.9 Å². The summed E-state index contributed by atoms with van der Waals surface area (Å²) in [5.41, 5.74) is 2.11. The Morgan fingerprint density at radius 1 is 1.07 bits per heavy atom. The standard InChI is InChI=1S/C16H18N2O2.C4H4O4/c1-13(19)4-5-14-6-8-16(9-7-14)20-10-2-3-15-11-17-12-18-15;5-3(6)1-2-4(7)8/h4-9,11-12H,2-3,10H2,1H3,(H,17,18);1-2H,(H,5,6)(H,7,8)/b5-4+;2-1-. The Morgan fingerprint density at radius 2 is 1.71 bits per heavy atom. The monoisotopic (exact) mass is 386 g/mol. The highest BCUT2D eigenvalue weighted by Gasteiger charge is 1.97. The Kier molecular flexibility index (Phi) is 10.1. The number of nitrogens with zero attached hydrogens (tertiary/aromatic N) is 1. The van der Waals surface area contributed by atoms with Crippen molar-refractivity contribution in [1.82, 2.24) is 9.97 Å². The van der Waals surface area contributed by atoms with Crippen molar-refractivity contribution in [2.45, 2.75) is 19.8 Å². The topological polar surface area (TPSA) is 130 Å². The molecular formula is C20H22N2O6. The molecule has 0 spiro atoms. The zero-order chi connectivity index (χ0) is 20.8. The fourth-order valence-electron chi connectivity index (χ4n) is 1.91. The number of nitrogens with one attached hydrogen (secondary N) is 1. The maximum atomic E-state index is 10.8. The van der Waals surface area contributed by atoms with E-state index in [1.807, 2.05) is 30.5 Å². The van der Waals surface area contributed by atoms with Crippen LogP contribution in [0.5, 0.6) is 5.75 Å². The Balaban J connectivity index is 0.000000416. The van der Waals surface area contributed by atoms with Crippen LogP contribution in [-0.4, -0.2) is 44.5 Å². The maximum absolute atomic E-state index is 10.8. The molecule has 0 aliphatic carbocycles. The second-order valence-electron chi connectivity index (χ2n) is 5.55. The molecule has 0 fully saturated rings. The van der Waals surface area contributed by atoms with Gasteiger partial charge >= 0.3 is 11.9 Å². The lowest BCUT2D eigenvalue weighted by Crippen LogP contribution is -1.99. The Labute approximate surface area is 162 Å². The van der Waals surface area contributed by atoms with Gasteiger partial charge < -0.3 is 19.9 Å². The van der Waals surface area contributed by atoms with Crippen molar-refractivity contribution in [3.05, 3.63) is 66.3 Å². The summed E-state index contributed by atoms with van der Waals surface area (Å²) in [5.74, 6) is -1.63. The fourth-order valence-corrected chi connectivity index (χ4v) is 1.91. The number of aromatic nitrogens is 2. The molecule has 8 heteroatoms. The van der Waals surface area contributed by atoms with Gasteiger partial charge in [0.25, 0.3) is 0 Å². The van der Waals surface area contributed by atoms with Crippen molar-refractivity contribution in [3.8, 4) is 5.75 Å². The van der Waals surface area contributed by atoms with E-state index in [-0.39, 0.29) is 5.78 Å². The van der Waals surface area contributed by atoms with Gasteiger partial charge in [0.05, 0.1) is 12.9 Å². The van der Waals surface area contributed by atoms with E-state index in [0.29, 0.717) is 18.8 Å². The van der Waals surface area contributed by atoms with E-state index in [9.17, 15) is 14.4 Å². The third-order valence-corrected chi connectivity index (χ3v) is 3.17. The van der Waals surface area contributed by atoms with Crippen molar-refractivity contribution < 1.29 is 29.3 Å². The number of ketones is 1. The van der Waals surface area contributed by atoms with Gasteiger partial charge in [0.2, 0.25) is 0 Å². The van der Waals surface area contributed by atoms with Crippen LogP contribution in [0.3, 0.4) is 0 Å². The number of allylic oxidation sites excluding steroid dienone is 1. The van der Waals surface area contributed by atoms with Crippen molar-refractivity contribution in [2.75, 3.05) is 6.61 Å². The van der Waals surface area contributed by atoms with E-state index in [4.69, 9.17) is 14.9 Å². The number of ether oxygens (including phenoxy) is 1. The average molecular weight is 386 g/mol. The molecule has 0 saturated carbocycles. The minimum absolute atomic E-state index is 0.0455. The highest BCUT2D eigenvalue weighted by Crippen LogP contribution is 2.13. The first kappa shape index (κ1) is 22.4. The Morgan fingerprint density at radius 3 is 2.21 bits per heavy atom. The number of hydrogen-bond donors (Lipinski definition) is 3. The molecule has 0 atom stereocenters. The molecule has 0 bridgehead atoms. The van der Waals surface area contributed by atoms with E-state index in [1.165, 1.54) is 6.92 Å². The van der Waals surface area contributed by atoms with Crippen molar-refractivity contribution >= 4 is 23.8 Å². The normalized spacial score (nSPS) is 10.5. The van der Waals surface area contributed by atoms with Crippen LogP contribution in [0.15, 0.2) is 55.0 Å². The second-order valence-corrected chi connectivity index (χ2v) is 5.55. The minimum atomic E-state index is -1.26. The number of benzene rings is 1. The van der Waals surface area contributed by atoms with Crippen molar-refractivity contribution in [2.24, 2.45) is 0 Å². The molecule has 0 saturated heterocycles. The number of carbonyl (C=O) groups is 3. The third kappa shape index (κ3) is 11.0. The van der Waals surface area contributed by atoms with Gasteiger partial charge in [-0.1, -0.05) is 18.2 Å². The smallest absolute Gasteiger partial charge is 0.328 e. The molecule has 0 radical (unpaired) electrons. The van der Waals surface area contributed by atoms with Crippen LogP contribution in [0.1, 0.15) is 24.6 Å². The van der Waals surface area contributed by atoms with E-state index in [2.05, 4.69) is 9.97 Å². The summed E-state index contributed by atoms with van der Waals surface area (Å²) < 4.78 is 5.66. The summed E-state index contributed by atoms with van der Waals surface area (Å²) in [7, 11) is 0. The number of imidazole rings is 1. The van der Waals surface area contributed by atoms with Crippen molar-refractivity contribution in [1.29, 1.82) is 0 Å². The molecule has 0 amide bonds. The number of hydrogen-bond acceptors (Lipinski definition) is 5. The molecule has 2 rings (SSSR count). The van der Waals surface area contributed by atoms with Crippen molar-refractivity contribution in [3.63, 3.8) is 0 Å². The van der Waals surface area contributed by atoms with Gasteiger partial charge in [-0.2, -0.15) is 0 Å². The molecule has 148 valence electrons. The highest BCUT2D eigenvalue weighted by atomic mass is 16.5. The van der Waals surface area contributed by atoms with Gasteiger partial charge in [0, 0.05) is 24.0 Å². The summed E-state index contributed by atoms with van der Waals surface area (Å²) >= 11 is 0. The number of carboxylic acids is 2. The van der Waals surface area contributed by atoms with E-state index >= 15 is 0 Å². The number of rotatable bonds is 9. The first-order chi connectivity index (χ1) is 13.4. The second kappa shape index (κ2) is 12.6. The van der Waals surface area contributed by atoms with Gasteiger partial charge in [-0.25, -0.2) is 14.6 Å². The summed E-state index contributed by atoms with van der Waals surface area (Å²) in [4.78, 5) is 37.0. The average Bonchev–Trinajstić information content (AvgIpc) is 3.17. The van der Waals surface area contributed by atoms with Gasteiger partial charge in [-0.05, 0) is 43.5 Å². The first-order valence-corrected chi connectivity index (χ1v) is 8.39. The number of aromatic amines is 1. The molecule has 28 heavy (non-hydrogen) atoms. The fraction of sp³-hybridized carbons (Fsp3) is 0.200. The summed E-state index contributed by atoms with van der Waals surface area (Å²) in [6.07, 6.45) is 9.85. The van der Waals surface area contributed by atoms with Crippen LogP contribution >= 0.6 is 0 Å². The molecule has 1 aromatic heterocycles. The third-order valence-electron chi connectivity index (χ3n) is 3.17. The molecule has 2 aromatic rings. The number of aryl methyl sites for hydroxylation is 1. The number of H-pyrrole nitrogens is 1. The van der Waals surface area contributed by atoms with Crippen LogP contribution in [0.25, 0.3) is 6.08 Å². The van der Waals surface area contributed by atoms with Crippen LogP contribution in [-0.2, 0) is 20.8 Å². The maximum Gasteiger partial charge on any atom is 0.328 e. The molecule has 3 N–H and O–H groups in total. The first-order valence-electron chi connectivity index (χ1n) is 8.39. The van der Waals surface area contributed by atoms with Crippen LogP contribution in [0, 0.1) is 0 Å². The predicted molar refractivity (Wildman–Crippen MR) is 103 cm³/mol. The summed E-state index contributed by atoms with van der Waals surface area (Å²) in [6, 6.07) is 7.69. The quantitative estimate of drug-likeness (QED) is 0.446. The summed E-state index contributed by atoms with van der Waals surface area (Å²) in [5, 5.41) is 15.6. The SMILES string of the molecule is CC(=O)/C=C/c1ccc(OCCCc2cnc[nH]2)cc1.O=C(O)/C=C\C(=O)O. The summed E-state index contributed by atoms with van der Waals surface area (Å²) in [6.45, 7) is 2.20. The number of carboxylic acid groups (broad SMARTS) is 2. The Bertz CT molecular complexity index is 792. The molecule has 0 aliphatic rings. The molecular weight excluding hydrogens is 364 g/mol. The van der Waals surface area contributed by atoms with Crippen LogP contribution in [0.4, 0.5) is 0 Å². The van der Waals surface area contributed by atoms with Gasteiger partial charge in [-0.3, -0.25) is 4.79 Å². The molecule has 0 aliphatic heterocycles. The number of aliphatic carboxylic acids is 2. The van der Waals surface area contributed by atoms with Gasteiger partial charge in [0.1, 0.15) is 5.75 Å². The molecule has 0 unspecified atom stereocenters. The molecule has 1 aromatic carbocycles. The predicted octanol–water partition coefficient (Wildman–Crippen LogP) is 2.74. The van der Waals surface area contributed by atoms with Gasteiger partial charge in [-0.15, -0.1) is 0 Å². The molecule has 1 heterocycles. The largest absolute Gasteiger partial charge is 0.494 e. The Hall–Kier alpha value is -3.68. The lowest BCUT2D eigenvalue weighted by molar-refractivity contribution is -0.134. The minimum Gasteiger partial charge on any atom is -0.494 e. The zero-order valence-corrected chi connectivity index (χ0v) is 15.4. The van der Waals surface area contributed by atoms with Gasteiger partial charge in [0.15, 0.2) is 5.78 Å². The highest BCUT2D eigenvalue weighted by molar-refractivity contribution is 5.91. The van der Waals surface area contributed by atoms with Crippen LogP contribution in [0.2, 0.25) is 0 Å². The lowest BCUT2D eigenvalue weighted by atomic mass is 10.2. The molecule has 8 nitrogen and oxygen atoms in total. The zero-order valence-electron chi connectivity index (χ0n) is 15.4.